The van der Waals surface area contributed by atoms with Gasteiger partial charge in [0.1, 0.15) is 0 Å². The topological polar surface area (TPSA) is 142 Å². The first-order valence-corrected chi connectivity index (χ1v) is 8.90. The van der Waals surface area contributed by atoms with Crippen molar-refractivity contribution in [1.82, 2.24) is 0 Å². The molecule has 0 saturated carbocycles. The van der Waals surface area contributed by atoms with Gasteiger partial charge >= 0.3 is 30.6 Å². The molecule has 0 saturated heterocycles. The van der Waals surface area contributed by atoms with Gasteiger partial charge in [0, 0.05) is 25.6 Å². The number of anilines is 2. The molecule has 8 nitrogen and oxygen atoms in total. The highest BCUT2D eigenvalue weighted by molar-refractivity contribution is 7.60. The van der Waals surface area contributed by atoms with Crippen molar-refractivity contribution in [3.8, 4) is 11.5 Å². The number of nitrogens with one attached hydrogen (secondary N) is 1. The Labute approximate surface area is 157 Å². The largest absolute Gasteiger partial charge is 0.504 e. The molecule has 0 fully saturated rings. The Morgan fingerprint density at radius 2 is 1.88 bits per heavy atom. The number of benzene rings is 1. The van der Waals surface area contributed by atoms with Crippen molar-refractivity contribution in [2.45, 2.75) is 26.7 Å². The zero-order valence-corrected chi connectivity index (χ0v) is 14.1. The van der Waals surface area contributed by atoms with Gasteiger partial charge in [0.05, 0.1) is 11.4 Å². The lowest BCUT2D eigenvalue weighted by Crippen LogP contribution is -2.30. The Morgan fingerprint density at radius 3 is 2.38 bits per heavy atom. The highest BCUT2D eigenvalue weighted by Gasteiger charge is 2.25. The summed E-state index contributed by atoms with van der Waals surface area (Å²) < 4.78 is 13.4. The number of nitrogens with zero attached hydrogens (tertiary/aromatic N) is 1. The molecule has 0 bridgehead atoms. The third-order valence-electron chi connectivity index (χ3n) is 2.97. The Kier molecular flexibility index (Phi) is 9.38. The molecule has 0 aliphatic carbocycles. The van der Waals surface area contributed by atoms with Gasteiger partial charge in [-0.15, -0.1) is 0 Å². The van der Waals surface area contributed by atoms with Crippen molar-refractivity contribution in [3.05, 3.63) is 24.3 Å². The Hall–Kier alpha value is -1.25. The molecule has 1 aromatic carbocycles. The lowest BCUT2D eigenvalue weighted by atomic mass is 10.2. The smallest absolute Gasteiger partial charge is 0.316 e. The van der Waals surface area contributed by atoms with Crippen LogP contribution in [0.5, 0.6) is 11.5 Å². The maximum absolute atomic E-state index is 12.2. The van der Waals surface area contributed by atoms with Crippen LogP contribution in [0.4, 0.5) is 11.4 Å². The van der Waals surface area contributed by atoms with Gasteiger partial charge < -0.3 is 15.5 Å². The number of nitrogens with two attached hydrogens (primary N) is 2. The van der Waals surface area contributed by atoms with Crippen LogP contribution in [0.2, 0.25) is 0 Å². The number of carbonyl (C=O) groups excluding carboxylic acids is 1. The van der Waals surface area contributed by atoms with E-state index in [0.29, 0.717) is 6.42 Å². The Balaban J connectivity index is 0.00000529. The van der Waals surface area contributed by atoms with E-state index in [1.807, 2.05) is 19.1 Å². The van der Waals surface area contributed by atoms with E-state index in [2.05, 4.69) is 5.32 Å². The van der Waals surface area contributed by atoms with Gasteiger partial charge in [0.2, 0.25) is 5.91 Å². The zero-order valence-electron chi connectivity index (χ0n) is 13.2. The number of allylic oxidation sites excluding steroid dienone is 1. The summed E-state index contributed by atoms with van der Waals surface area (Å²) in [6.45, 7) is 3.49. The second-order valence-electron chi connectivity index (χ2n) is 5.00. The summed E-state index contributed by atoms with van der Waals surface area (Å²) in [5, 5.41) is 21.8. The molecule has 7 N–H and O–H groups in total. The van der Waals surface area contributed by atoms with Crippen LogP contribution in [-0.2, 0) is 9.36 Å². The molecule has 0 unspecified atom stereocenters. The van der Waals surface area contributed by atoms with Crippen molar-refractivity contribution in [1.29, 1.82) is 0 Å². The van der Waals surface area contributed by atoms with Gasteiger partial charge in [-0.1, -0.05) is 19.1 Å². The maximum Gasteiger partial charge on any atom is 0.316 e. The summed E-state index contributed by atoms with van der Waals surface area (Å²) in [4.78, 5) is 11.3. The van der Waals surface area contributed by atoms with Crippen molar-refractivity contribution < 1.29 is 19.6 Å². The van der Waals surface area contributed by atoms with E-state index in [1.54, 1.807) is 0 Å². The second-order valence-corrected chi connectivity index (χ2v) is 6.83. The quantitative estimate of drug-likeness (QED) is 0.161. The lowest BCUT2D eigenvalue weighted by Gasteiger charge is -2.29. The summed E-state index contributed by atoms with van der Waals surface area (Å²) in [6.07, 6.45) is 5.22. The Bertz CT molecular complexity index is 648. The Morgan fingerprint density at radius 1 is 1.29 bits per heavy atom. The fourth-order valence-electron chi connectivity index (χ4n) is 2.00. The molecule has 24 heavy (non-hydrogen) atoms. The number of rotatable bonds is 7. The predicted molar refractivity (Wildman–Crippen MR) is 100.0 cm³/mol. The average Bonchev–Trinajstić information content (AvgIpc) is 2.41. The van der Waals surface area contributed by atoms with E-state index in [1.165, 1.54) is 11.6 Å². The third kappa shape index (κ3) is 6.70. The number of phenols is 2. The molecule has 0 radical (unpaired) electrons. The number of hydrogen-bond acceptors (Lipinski definition) is 4. The summed E-state index contributed by atoms with van der Waals surface area (Å²) in [5.41, 5.74) is 11.5. The number of hydrogen-bond donors (Lipinski definition) is 5. The molecular formula is C14H25MgN4O4P. The summed E-state index contributed by atoms with van der Waals surface area (Å²) in [7, 11) is -3.70. The van der Waals surface area contributed by atoms with Crippen molar-refractivity contribution in [3.63, 3.8) is 0 Å². The molecule has 0 spiro atoms. The van der Waals surface area contributed by atoms with Gasteiger partial charge in [-0.3, -0.25) is 25.0 Å². The fraction of sp³-hybridized carbons (Fsp3) is 0.357. The monoisotopic (exact) mass is 368 g/mol. The average molecular weight is 369 g/mol. The third-order valence-corrected chi connectivity index (χ3v) is 4.14. The molecule has 0 aliphatic heterocycles. The van der Waals surface area contributed by atoms with Crippen LogP contribution in [0.1, 0.15) is 26.7 Å². The minimum atomic E-state index is -3.70. The molecule has 0 aliphatic rings. The number of phenolic OH excluding ortho intramolecular Hbond substituents is 2. The van der Waals surface area contributed by atoms with Crippen LogP contribution in [0, 0.1) is 0 Å². The molecule has 0 atom stereocenters. The van der Waals surface area contributed by atoms with Crippen LogP contribution >= 0.6 is 7.59 Å². The fourth-order valence-corrected chi connectivity index (χ4v) is 2.93. The first-order chi connectivity index (χ1) is 10.7. The molecule has 1 amide bonds. The standard InChI is InChI=1S/C14H23N4O4P.Mg.2H/c1-3-4-5-6-7-18(23(15,16)22)12-9-14(21)13(20)8-11(12)17-10(2)19;;;/h4-5,8-9,20-21H,3,6-7H2,1-2H3,(H,17,19)(H4,15,16,22);;;/b5-4+;;;. The molecule has 0 aromatic heterocycles. The van der Waals surface area contributed by atoms with E-state index in [4.69, 9.17) is 11.0 Å². The maximum atomic E-state index is 12.2. The predicted octanol–water partition coefficient (Wildman–Crippen LogP) is 1.33. The second kappa shape index (κ2) is 9.90. The lowest BCUT2D eigenvalue weighted by molar-refractivity contribution is -0.114. The van der Waals surface area contributed by atoms with Crippen LogP contribution in [-0.4, -0.2) is 45.7 Å². The molecule has 10 heteroatoms. The molecule has 132 valence electrons. The van der Waals surface area contributed by atoms with Gasteiger partial charge in [0.15, 0.2) is 11.5 Å². The molecular weight excluding hydrogens is 343 g/mol. The molecule has 0 heterocycles. The van der Waals surface area contributed by atoms with Crippen LogP contribution in [0.3, 0.4) is 0 Å². The first-order valence-electron chi connectivity index (χ1n) is 7.10. The van der Waals surface area contributed by atoms with E-state index in [9.17, 15) is 19.6 Å². The van der Waals surface area contributed by atoms with Crippen LogP contribution in [0.15, 0.2) is 24.3 Å². The van der Waals surface area contributed by atoms with E-state index in [0.717, 1.165) is 18.6 Å². The van der Waals surface area contributed by atoms with Gasteiger partial charge in [0.25, 0.3) is 0 Å². The highest BCUT2D eigenvalue weighted by atomic mass is 31.2. The zero-order chi connectivity index (χ0) is 17.6. The number of aromatic hydroxyl groups is 2. The normalized spacial score (nSPS) is 11.2. The first kappa shape index (κ1) is 22.7. The minimum absolute atomic E-state index is 0. The van der Waals surface area contributed by atoms with Crippen LogP contribution < -0.4 is 21.0 Å². The number of amides is 1. The highest BCUT2D eigenvalue weighted by Crippen LogP contribution is 2.45. The van der Waals surface area contributed by atoms with Crippen molar-refractivity contribution >= 4 is 47.9 Å². The summed E-state index contributed by atoms with van der Waals surface area (Å²) >= 11 is 0. The van der Waals surface area contributed by atoms with Gasteiger partial charge in [-0.25, -0.2) is 0 Å². The van der Waals surface area contributed by atoms with Crippen LogP contribution in [0.25, 0.3) is 0 Å². The molecule has 1 rings (SSSR count). The van der Waals surface area contributed by atoms with Crippen molar-refractivity contribution in [2.24, 2.45) is 11.0 Å². The van der Waals surface area contributed by atoms with E-state index < -0.39 is 25.0 Å². The summed E-state index contributed by atoms with van der Waals surface area (Å²) in [6, 6.07) is 2.31. The number of carbonyl (C=O) groups is 1. The van der Waals surface area contributed by atoms with Crippen molar-refractivity contribution in [2.75, 3.05) is 16.5 Å². The van der Waals surface area contributed by atoms with Gasteiger partial charge in [-0.05, 0) is 12.8 Å². The summed E-state index contributed by atoms with van der Waals surface area (Å²) in [5.74, 6) is -1.25. The van der Waals surface area contributed by atoms with E-state index in [-0.39, 0.29) is 41.0 Å². The van der Waals surface area contributed by atoms with E-state index >= 15 is 0 Å². The SMILES string of the molecule is CC/C=C/CCN(c1cc(O)c(O)cc1NC(C)=O)P(N)(N)=O.[MgH2]. The minimum Gasteiger partial charge on any atom is -0.504 e. The molecule has 1 aromatic rings. The van der Waals surface area contributed by atoms with Gasteiger partial charge in [-0.2, -0.15) is 0 Å².